The third-order valence-corrected chi connectivity index (χ3v) is 6.06. The minimum Gasteiger partial charge on any atom is -0.493 e. The molecule has 1 amide bonds. The van der Waals surface area contributed by atoms with E-state index >= 15 is 0 Å². The molecular formula is C30H30N4O6. The number of esters is 1. The first kappa shape index (κ1) is 29.6. The average Bonchev–Trinajstić information content (AvgIpc) is 2.98. The van der Waals surface area contributed by atoms with Crippen molar-refractivity contribution in [3.63, 3.8) is 0 Å². The Kier molecular flexibility index (Phi) is 10.6. The highest BCUT2D eigenvalue weighted by Crippen LogP contribution is 2.31. The van der Waals surface area contributed by atoms with Crippen molar-refractivity contribution >= 4 is 11.9 Å². The summed E-state index contributed by atoms with van der Waals surface area (Å²) in [4.78, 5) is 30.2. The molecule has 2 atom stereocenters. The minimum absolute atomic E-state index is 0.0696. The van der Waals surface area contributed by atoms with Crippen molar-refractivity contribution in [3.8, 4) is 23.6 Å². The lowest BCUT2D eigenvalue weighted by atomic mass is 9.86. The summed E-state index contributed by atoms with van der Waals surface area (Å²) < 4.78 is 21.9. The Morgan fingerprint density at radius 2 is 1.52 bits per heavy atom. The van der Waals surface area contributed by atoms with Crippen LogP contribution in [0.3, 0.4) is 0 Å². The zero-order valence-electron chi connectivity index (χ0n) is 22.7. The van der Waals surface area contributed by atoms with Gasteiger partial charge in [-0.05, 0) is 56.2 Å². The Morgan fingerprint density at radius 3 is 2.02 bits per heavy atom. The number of carbonyl (C=O) groups excluding carboxylic acids is 2. The molecule has 2 aromatic carbocycles. The summed E-state index contributed by atoms with van der Waals surface area (Å²) in [6, 6.07) is 18.7. The highest BCUT2D eigenvalue weighted by molar-refractivity contribution is 5.98. The number of hydrogen-bond acceptors (Lipinski definition) is 9. The number of benzene rings is 2. The maximum Gasteiger partial charge on any atom is 0.328 e. The van der Waals surface area contributed by atoms with Crippen molar-refractivity contribution in [3.05, 3.63) is 88.7 Å². The molecule has 0 aliphatic rings. The van der Waals surface area contributed by atoms with Gasteiger partial charge in [-0.3, -0.25) is 4.79 Å². The molecule has 0 saturated carbocycles. The number of carbonyl (C=O) groups is 2. The lowest BCUT2D eigenvalue weighted by Crippen LogP contribution is -2.41. The summed E-state index contributed by atoms with van der Waals surface area (Å²) in [5, 5.41) is 21.0. The molecule has 3 aromatic rings. The van der Waals surface area contributed by atoms with E-state index < -0.39 is 29.9 Å². The largest absolute Gasteiger partial charge is 0.493 e. The summed E-state index contributed by atoms with van der Waals surface area (Å²) in [6.45, 7) is 5.36. The van der Waals surface area contributed by atoms with Crippen LogP contribution in [0.1, 0.15) is 59.4 Å². The topological polar surface area (TPSA) is 144 Å². The maximum absolute atomic E-state index is 13.1. The number of hydrogen-bond donors (Lipinski definition) is 1. The van der Waals surface area contributed by atoms with Gasteiger partial charge >= 0.3 is 5.97 Å². The molecule has 1 N–H and O–H groups in total. The lowest BCUT2D eigenvalue weighted by molar-refractivity contribution is -0.150. The van der Waals surface area contributed by atoms with Gasteiger partial charge in [0.05, 0.1) is 30.4 Å². The van der Waals surface area contributed by atoms with E-state index in [1.54, 1.807) is 68.4 Å². The summed E-state index contributed by atoms with van der Waals surface area (Å²) >= 11 is 0. The molecule has 40 heavy (non-hydrogen) atoms. The summed E-state index contributed by atoms with van der Waals surface area (Å²) in [6.07, 6.45) is 0.735. The molecule has 0 saturated heterocycles. The normalized spacial score (nSPS) is 12.0. The Hall–Kier alpha value is -4.93. The molecule has 0 unspecified atom stereocenters. The molecule has 0 radical (unpaired) electrons. The fourth-order valence-electron chi connectivity index (χ4n) is 4.02. The molecule has 3 rings (SSSR count). The molecule has 0 aliphatic carbocycles. The molecule has 0 spiro atoms. The van der Waals surface area contributed by atoms with E-state index in [0.717, 1.165) is 11.1 Å². The molecule has 0 aliphatic heterocycles. The smallest absolute Gasteiger partial charge is 0.328 e. The van der Waals surface area contributed by atoms with Crippen LogP contribution < -0.4 is 14.8 Å². The first-order valence-corrected chi connectivity index (χ1v) is 12.6. The van der Waals surface area contributed by atoms with E-state index in [4.69, 9.17) is 18.9 Å². The lowest BCUT2D eigenvalue weighted by Gasteiger charge is -2.26. The number of nitrogens with zero attached hydrogens (tertiary/aromatic N) is 3. The molecule has 1 aromatic heterocycles. The first-order chi connectivity index (χ1) is 19.3. The predicted octanol–water partition coefficient (Wildman–Crippen LogP) is 4.09. The van der Waals surface area contributed by atoms with Gasteiger partial charge in [0.1, 0.15) is 12.1 Å². The van der Waals surface area contributed by atoms with Crippen LogP contribution in [0.25, 0.3) is 0 Å². The molecule has 10 nitrogen and oxygen atoms in total. The molecule has 1 heterocycles. The zero-order chi connectivity index (χ0) is 29.1. The van der Waals surface area contributed by atoms with E-state index in [1.807, 2.05) is 0 Å². The number of amides is 1. The van der Waals surface area contributed by atoms with E-state index in [2.05, 4.69) is 22.4 Å². The van der Waals surface area contributed by atoms with Crippen LogP contribution in [-0.4, -0.2) is 49.5 Å². The minimum atomic E-state index is -1.02. The summed E-state index contributed by atoms with van der Waals surface area (Å²) in [5.74, 6) is -1.33. The van der Waals surface area contributed by atoms with Crippen molar-refractivity contribution < 1.29 is 28.5 Å². The van der Waals surface area contributed by atoms with Crippen LogP contribution in [0.4, 0.5) is 0 Å². The number of nitrogens with one attached hydrogen (secondary N) is 1. The predicted molar refractivity (Wildman–Crippen MR) is 145 cm³/mol. The molecule has 206 valence electrons. The van der Waals surface area contributed by atoms with E-state index in [0.29, 0.717) is 17.7 Å². The highest BCUT2D eigenvalue weighted by atomic mass is 16.7. The molecular weight excluding hydrogens is 512 g/mol. The van der Waals surface area contributed by atoms with Crippen LogP contribution in [0.5, 0.6) is 11.5 Å². The van der Waals surface area contributed by atoms with Gasteiger partial charge in [-0.2, -0.15) is 10.5 Å². The zero-order valence-corrected chi connectivity index (χ0v) is 22.7. The van der Waals surface area contributed by atoms with Crippen molar-refractivity contribution in [2.24, 2.45) is 0 Å². The van der Waals surface area contributed by atoms with Gasteiger partial charge in [-0.1, -0.05) is 24.3 Å². The number of rotatable bonds is 12. The standard InChI is InChI=1S/C30H30N4O6/c1-5-38-18-39-28-25(37-4)14-15-33-27(28)29(35)34-19(2)30(36)40-20(3)26(23-10-6-21(16-31)7-11-23)24-12-8-22(17-32)9-13-24/h6-15,19-20,26H,5,18H2,1-4H3,(H,34,35)/t19-,20-/m0/s1. The number of pyridine rings is 1. The average molecular weight is 543 g/mol. The van der Waals surface area contributed by atoms with Gasteiger partial charge in [0, 0.05) is 24.8 Å². The second-order valence-corrected chi connectivity index (χ2v) is 8.73. The summed E-state index contributed by atoms with van der Waals surface area (Å²) in [7, 11) is 1.43. The van der Waals surface area contributed by atoms with Crippen LogP contribution in [0, 0.1) is 22.7 Å². The maximum atomic E-state index is 13.1. The Morgan fingerprint density at radius 1 is 0.950 bits per heavy atom. The van der Waals surface area contributed by atoms with Crippen LogP contribution in [-0.2, 0) is 14.3 Å². The van der Waals surface area contributed by atoms with Gasteiger partial charge in [0.15, 0.2) is 24.0 Å². The Bertz CT molecular complexity index is 1340. The Balaban J connectivity index is 1.78. The molecule has 10 heteroatoms. The van der Waals surface area contributed by atoms with Crippen molar-refractivity contribution in [2.75, 3.05) is 20.5 Å². The van der Waals surface area contributed by atoms with Crippen molar-refractivity contribution in [1.29, 1.82) is 10.5 Å². The SMILES string of the molecule is CCOCOc1c(OC)ccnc1C(=O)N[C@@H](C)C(=O)O[C@@H](C)C(c1ccc(C#N)cc1)c1ccc(C#N)cc1. The fourth-order valence-corrected chi connectivity index (χ4v) is 4.02. The van der Waals surface area contributed by atoms with Crippen LogP contribution in [0.15, 0.2) is 60.8 Å². The van der Waals surface area contributed by atoms with Gasteiger partial charge in [-0.25, -0.2) is 9.78 Å². The number of aromatic nitrogens is 1. The van der Waals surface area contributed by atoms with Crippen LogP contribution >= 0.6 is 0 Å². The second-order valence-electron chi connectivity index (χ2n) is 8.73. The highest BCUT2D eigenvalue weighted by Gasteiger charge is 2.29. The summed E-state index contributed by atoms with van der Waals surface area (Å²) in [5.41, 5.74) is 2.56. The van der Waals surface area contributed by atoms with E-state index in [-0.39, 0.29) is 24.0 Å². The second kappa shape index (κ2) is 14.3. The fraction of sp³-hybridized carbons (Fsp3) is 0.300. The number of nitriles is 2. The van der Waals surface area contributed by atoms with Gasteiger partial charge in [-0.15, -0.1) is 0 Å². The van der Waals surface area contributed by atoms with E-state index in [9.17, 15) is 20.1 Å². The van der Waals surface area contributed by atoms with Crippen molar-refractivity contribution in [1.82, 2.24) is 10.3 Å². The Labute approximate surface area is 233 Å². The van der Waals surface area contributed by atoms with Gasteiger partial charge in [0.25, 0.3) is 5.91 Å². The number of methoxy groups -OCH3 is 1. The van der Waals surface area contributed by atoms with E-state index in [1.165, 1.54) is 20.2 Å². The van der Waals surface area contributed by atoms with Crippen molar-refractivity contribution in [2.45, 2.75) is 38.8 Å². The molecule has 0 bridgehead atoms. The van der Waals surface area contributed by atoms with Gasteiger partial charge < -0.3 is 24.3 Å². The first-order valence-electron chi connectivity index (χ1n) is 12.6. The van der Waals surface area contributed by atoms with Gasteiger partial charge in [0.2, 0.25) is 0 Å². The van der Waals surface area contributed by atoms with Crippen LogP contribution in [0.2, 0.25) is 0 Å². The third-order valence-electron chi connectivity index (χ3n) is 6.06. The molecule has 0 fully saturated rings. The quantitative estimate of drug-likeness (QED) is 0.203. The third kappa shape index (κ3) is 7.34. The number of ether oxygens (including phenoxy) is 4. The monoisotopic (exact) mass is 542 g/mol.